The molecule has 1 heterocycles. The zero-order chi connectivity index (χ0) is 15.2. The van der Waals surface area contributed by atoms with E-state index in [2.05, 4.69) is 10.2 Å². The number of rotatable bonds is 7. The second kappa shape index (κ2) is 7.05. The molecule has 21 heavy (non-hydrogen) atoms. The predicted molar refractivity (Wildman–Crippen MR) is 75.2 cm³/mol. The zero-order valence-corrected chi connectivity index (χ0v) is 12.0. The maximum absolute atomic E-state index is 11.9. The highest BCUT2D eigenvalue weighted by atomic mass is 16.5. The fourth-order valence-electron chi connectivity index (χ4n) is 2.01. The monoisotopic (exact) mass is 294 g/mol. The normalized spacial score (nSPS) is 11.0. The third kappa shape index (κ3) is 3.50. The van der Waals surface area contributed by atoms with Crippen molar-refractivity contribution in [1.29, 1.82) is 0 Å². The number of methoxy groups -OCH3 is 1. The summed E-state index contributed by atoms with van der Waals surface area (Å²) in [6.45, 7) is 3.12. The number of carbonyl (C=O) groups excluding carboxylic acids is 1. The van der Waals surface area contributed by atoms with Crippen molar-refractivity contribution in [3.05, 3.63) is 23.4 Å². The number of aromatic nitrogens is 2. The van der Waals surface area contributed by atoms with E-state index in [-0.39, 0.29) is 24.7 Å². The van der Waals surface area contributed by atoms with E-state index in [1.807, 2.05) is 0 Å². The Bertz CT molecular complexity index is 623. The van der Waals surface area contributed by atoms with Crippen LogP contribution in [-0.4, -0.2) is 48.2 Å². The van der Waals surface area contributed by atoms with Crippen molar-refractivity contribution in [2.45, 2.75) is 13.5 Å². The van der Waals surface area contributed by atoms with Crippen molar-refractivity contribution in [3.63, 3.8) is 0 Å². The molecule has 0 spiro atoms. The molecule has 2 rings (SSSR count). The molecule has 0 unspecified atom stereocenters. The van der Waals surface area contributed by atoms with Gasteiger partial charge in [0.1, 0.15) is 5.75 Å². The Kier molecular flexibility index (Phi) is 5.13. The molecule has 1 aromatic carbocycles. The van der Waals surface area contributed by atoms with E-state index >= 15 is 0 Å². The minimum atomic E-state index is -0.507. The average molecular weight is 294 g/mol. The topological polar surface area (TPSA) is 93.7 Å². The van der Waals surface area contributed by atoms with E-state index in [4.69, 9.17) is 14.2 Å². The number of fused-ring (bicyclic) bond motifs is 1. The van der Waals surface area contributed by atoms with Crippen LogP contribution in [0.5, 0.6) is 5.75 Å². The fourth-order valence-corrected chi connectivity index (χ4v) is 2.01. The molecule has 0 aliphatic heterocycles. The number of aromatic hydroxyl groups is 1. The van der Waals surface area contributed by atoms with E-state index in [9.17, 15) is 9.90 Å². The van der Waals surface area contributed by atoms with Crippen molar-refractivity contribution in [2.75, 3.05) is 26.9 Å². The molecule has 2 N–H and O–H groups in total. The lowest BCUT2D eigenvalue weighted by atomic mass is 10.1. The molecule has 0 fully saturated rings. The second-order valence-corrected chi connectivity index (χ2v) is 4.37. The van der Waals surface area contributed by atoms with Crippen molar-refractivity contribution < 1.29 is 24.1 Å². The Labute approximate surface area is 121 Å². The summed E-state index contributed by atoms with van der Waals surface area (Å²) in [7, 11) is 1.59. The molecule has 7 nitrogen and oxygen atoms in total. The number of nitrogens with zero attached hydrogens (tertiary/aromatic N) is 1. The third-order valence-corrected chi connectivity index (χ3v) is 2.89. The maximum atomic E-state index is 11.9. The number of benzene rings is 1. The van der Waals surface area contributed by atoms with Crippen LogP contribution in [-0.2, 0) is 20.8 Å². The molecule has 0 saturated carbocycles. The van der Waals surface area contributed by atoms with Crippen LogP contribution in [0.2, 0.25) is 0 Å². The lowest BCUT2D eigenvalue weighted by molar-refractivity contribution is 0.0520. The quantitative estimate of drug-likeness (QED) is 0.595. The van der Waals surface area contributed by atoms with Crippen molar-refractivity contribution in [1.82, 2.24) is 10.2 Å². The Hall–Kier alpha value is -2.12. The number of carbonyl (C=O) groups is 1. The molecule has 0 saturated heterocycles. The predicted octanol–water partition coefficient (Wildman–Crippen LogP) is 1.61. The first kappa shape index (κ1) is 15.3. The highest BCUT2D eigenvalue weighted by molar-refractivity contribution is 6.03. The number of esters is 1. The Morgan fingerprint density at radius 2 is 2.19 bits per heavy atom. The Morgan fingerprint density at radius 1 is 1.38 bits per heavy atom. The summed E-state index contributed by atoms with van der Waals surface area (Å²) in [5.74, 6) is -0.431. The summed E-state index contributed by atoms with van der Waals surface area (Å²) in [5, 5.41) is 17.0. The van der Waals surface area contributed by atoms with Gasteiger partial charge in [0.25, 0.3) is 0 Å². The van der Waals surface area contributed by atoms with Crippen LogP contribution in [0.1, 0.15) is 23.0 Å². The number of H-pyrrole nitrogens is 1. The molecule has 0 atom stereocenters. The summed E-state index contributed by atoms with van der Waals surface area (Å²) in [5.41, 5.74) is 1.42. The number of hydrogen-bond donors (Lipinski definition) is 2. The van der Waals surface area contributed by atoms with Crippen molar-refractivity contribution in [2.24, 2.45) is 0 Å². The number of hydrogen-bond acceptors (Lipinski definition) is 6. The van der Waals surface area contributed by atoms with Gasteiger partial charge in [0.2, 0.25) is 0 Å². The van der Waals surface area contributed by atoms with Crippen LogP contribution in [0.3, 0.4) is 0 Å². The summed E-state index contributed by atoms with van der Waals surface area (Å²) < 4.78 is 15.3. The van der Waals surface area contributed by atoms with Gasteiger partial charge in [-0.1, -0.05) is 0 Å². The van der Waals surface area contributed by atoms with Crippen LogP contribution >= 0.6 is 0 Å². The lowest BCUT2D eigenvalue weighted by Crippen LogP contribution is -2.07. The molecule has 2 aromatic rings. The minimum Gasteiger partial charge on any atom is -0.508 e. The highest BCUT2D eigenvalue weighted by Gasteiger charge is 2.19. The molecule has 0 bridgehead atoms. The van der Waals surface area contributed by atoms with Crippen LogP contribution in [0.15, 0.2) is 12.1 Å². The van der Waals surface area contributed by atoms with E-state index in [0.29, 0.717) is 29.7 Å². The highest BCUT2D eigenvalue weighted by Crippen LogP contribution is 2.27. The van der Waals surface area contributed by atoms with Gasteiger partial charge in [0.05, 0.1) is 31.9 Å². The number of aromatic amines is 1. The summed E-state index contributed by atoms with van der Waals surface area (Å²) in [6, 6.07) is 3.05. The van der Waals surface area contributed by atoms with Crippen LogP contribution < -0.4 is 0 Å². The van der Waals surface area contributed by atoms with E-state index in [0.717, 1.165) is 0 Å². The third-order valence-electron chi connectivity index (χ3n) is 2.89. The molecular formula is C14H18N2O5. The number of phenolic OH excluding ortho intramolecular Hbond substituents is 1. The van der Waals surface area contributed by atoms with E-state index in [1.165, 1.54) is 6.07 Å². The largest absolute Gasteiger partial charge is 0.508 e. The van der Waals surface area contributed by atoms with Crippen molar-refractivity contribution >= 4 is 16.9 Å². The van der Waals surface area contributed by atoms with Gasteiger partial charge in [-0.3, -0.25) is 5.10 Å². The zero-order valence-electron chi connectivity index (χ0n) is 12.0. The van der Waals surface area contributed by atoms with Crippen LogP contribution in [0, 0.1) is 0 Å². The van der Waals surface area contributed by atoms with Gasteiger partial charge in [-0.05, 0) is 18.6 Å². The van der Waals surface area contributed by atoms with Gasteiger partial charge in [-0.15, -0.1) is 0 Å². The smallest absolute Gasteiger partial charge is 0.359 e. The summed E-state index contributed by atoms with van der Waals surface area (Å²) in [4.78, 5) is 11.9. The molecule has 0 radical (unpaired) electrons. The summed E-state index contributed by atoms with van der Waals surface area (Å²) >= 11 is 0. The van der Waals surface area contributed by atoms with Gasteiger partial charge >= 0.3 is 5.97 Å². The Morgan fingerprint density at radius 3 is 2.90 bits per heavy atom. The van der Waals surface area contributed by atoms with E-state index in [1.54, 1.807) is 20.1 Å². The molecular weight excluding hydrogens is 276 g/mol. The van der Waals surface area contributed by atoms with Gasteiger partial charge in [-0.25, -0.2) is 4.79 Å². The van der Waals surface area contributed by atoms with Gasteiger partial charge in [0, 0.05) is 18.6 Å². The minimum absolute atomic E-state index is 0.0758. The lowest BCUT2D eigenvalue weighted by Gasteiger charge is -2.07. The molecule has 7 heteroatoms. The van der Waals surface area contributed by atoms with Gasteiger partial charge < -0.3 is 19.3 Å². The fraction of sp³-hybridized carbons (Fsp3) is 0.429. The molecule has 1 aromatic heterocycles. The molecule has 0 amide bonds. The molecule has 0 aliphatic carbocycles. The summed E-state index contributed by atoms with van der Waals surface area (Å²) in [6.07, 6.45) is 0. The first-order chi connectivity index (χ1) is 10.2. The number of nitrogens with one attached hydrogen (secondary N) is 1. The van der Waals surface area contributed by atoms with Gasteiger partial charge in [-0.2, -0.15) is 5.10 Å². The van der Waals surface area contributed by atoms with Gasteiger partial charge in [0.15, 0.2) is 5.69 Å². The first-order valence-electron chi connectivity index (χ1n) is 6.61. The average Bonchev–Trinajstić information content (AvgIpc) is 2.87. The Balaban J connectivity index is 2.32. The van der Waals surface area contributed by atoms with Crippen molar-refractivity contribution in [3.8, 4) is 5.75 Å². The standard InChI is InChI=1S/C14H18N2O5/c1-3-21-14(18)13-12-9(8-20-5-4-19-2)6-10(17)7-11(12)15-16-13/h6-7,17H,3-5,8H2,1-2H3,(H,15,16). The SMILES string of the molecule is CCOC(=O)c1n[nH]c2cc(O)cc(COCCOC)c12. The van der Waals surface area contributed by atoms with E-state index < -0.39 is 5.97 Å². The molecule has 114 valence electrons. The first-order valence-corrected chi connectivity index (χ1v) is 6.61. The number of ether oxygens (including phenoxy) is 3. The molecule has 0 aliphatic rings. The second-order valence-electron chi connectivity index (χ2n) is 4.37. The van der Waals surface area contributed by atoms with Crippen LogP contribution in [0.25, 0.3) is 10.9 Å². The maximum Gasteiger partial charge on any atom is 0.359 e. The number of phenols is 1. The van der Waals surface area contributed by atoms with Crippen LogP contribution in [0.4, 0.5) is 0 Å².